The van der Waals surface area contributed by atoms with Crippen LogP contribution in [0.5, 0.6) is 0 Å². The van der Waals surface area contributed by atoms with Gasteiger partial charge in [-0.3, -0.25) is 19.2 Å². The van der Waals surface area contributed by atoms with Gasteiger partial charge in [-0.05, 0) is 110 Å². The monoisotopic (exact) mass is 696 g/mol. The lowest BCUT2D eigenvalue weighted by atomic mass is 9.53. The van der Waals surface area contributed by atoms with Gasteiger partial charge in [-0.1, -0.05) is 48.3 Å². The molecule has 9 nitrogen and oxygen atoms in total. The van der Waals surface area contributed by atoms with Crippen LogP contribution in [0.1, 0.15) is 120 Å². The molecular weight excluding hydrogens is 636 g/mol. The van der Waals surface area contributed by atoms with Crippen LogP contribution in [-0.2, 0) is 28.7 Å². The Morgan fingerprint density at radius 3 is 2.28 bits per heavy atom. The third kappa shape index (κ3) is 7.86. The molecular formula is C41H60O9. The maximum atomic E-state index is 14.6. The lowest BCUT2D eigenvalue weighted by Crippen LogP contribution is -2.55. The number of carbonyl (C=O) groups is 4. The molecule has 1 fully saturated rings. The number of Topliss-reactive ketones (excluding diaryl/α,β-unsaturated/α-hetero) is 2. The molecule has 2 bridgehead atoms. The highest BCUT2D eigenvalue weighted by Gasteiger charge is 2.60. The maximum absolute atomic E-state index is 14.6. The lowest BCUT2D eigenvalue weighted by Gasteiger charge is -2.48. The number of aliphatic hydroxyl groups is 3. The topological polar surface area (TPSA) is 147 Å². The number of ketones is 3. The van der Waals surface area contributed by atoms with E-state index in [1.807, 2.05) is 53.7 Å². The number of carbonyl (C=O) groups excluding carboxylic acids is 4. The van der Waals surface area contributed by atoms with E-state index in [4.69, 9.17) is 9.47 Å². The van der Waals surface area contributed by atoms with Crippen molar-refractivity contribution in [1.82, 2.24) is 0 Å². The summed E-state index contributed by atoms with van der Waals surface area (Å²) in [6.07, 6.45) is 5.05. The number of hydrogen-bond acceptors (Lipinski definition) is 9. The van der Waals surface area contributed by atoms with Crippen molar-refractivity contribution in [3.63, 3.8) is 0 Å². The average Bonchev–Trinajstić information content (AvgIpc) is 3.47. The summed E-state index contributed by atoms with van der Waals surface area (Å²) in [6.45, 7) is 14.5. The number of fused-ring (bicyclic) bond motifs is 5. The van der Waals surface area contributed by atoms with Crippen LogP contribution in [-0.4, -0.2) is 75.3 Å². The van der Waals surface area contributed by atoms with Gasteiger partial charge in [0.05, 0.1) is 36.4 Å². The standard InChI is InChI=1S/C41H60O9/c1-23(2)28-20-32(42)26(5)12-10-11-24(3)18-33(43)31-19-27(6)29-21-36(46)40(8,48)37-15-16-39(7,50-37)35(45)14-13-25(4)17-30(29)41(31,22-34(28)44)38(47)49-9/h12,17-18,23,28,30-31,35-37,45-46,48H,10-11,13-16,19-22H2,1-9H3/b24-18-,25-17+,26-12-/t28-,30-,31+,35-,36-,37+,39+,40-,41-/m0/s1. The van der Waals surface area contributed by atoms with Crippen LogP contribution >= 0.6 is 0 Å². The van der Waals surface area contributed by atoms with Crippen LogP contribution in [0, 0.1) is 29.1 Å². The Hall–Kier alpha value is -2.72. The summed E-state index contributed by atoms with van der Waals surface area (Å²) < 4.78 is 11.9. The Balaban J connectivity index is 2.00. The molecule has 0 saturated carbocycles. The van der Waals surface area contributed by atoms with Gasteiger partial charge in [0.25, 0.3) is 0 Å². The van der Waals surface area contributed by atoms with Gasteiger partial charge in [0, 0.05) is 30.6 Å². The molecule has 50 heavy (non-hydrogen) atoms. The highest BCUT2D eigenvalue weighted by Crippen LogP contribution is 2.55. The molecule has 0 aromatic heterocycles. The van der Waals surface area contributed by atoms with Crippen molar-refractivity contribution in [2.45, 2.75) is 149 Å². The fraction of sp³-hybridized carbons (Fsp3) is 0.707. The minimum atomic E-state index is -1.71. The maximum Gasteiger partial charge on any atom is 0.313 e. The number of esters is 1. The molecule has 2 heterocycles. The van der Waals surface area contributed by atoms with Crippen molar-refractivity contribution in [2.75, 3.05) is 7.11 Å². The van der Waals surface area contributed by atoms with E-state index >= 15 is 0 Å². The number of ether oxygens (including phenoxy) is 2. The summed E-state index contributed by atoms with van der Waals surface area (Å²) in [5, 5.41) is 35.0. The van der Waals surface area contributed by atoms with Gasteiger partial charge in [-0.25, -0.2) is 0 Å². The third-order valence-corrected chi connectivity index (χ3v) is 12.4. The summed E-state index contributed by atoms with van der Waals surface area (Å²) in [5.74, 6) is -4.13. The van der Waals surface area contributed by atoms with Crippen molar-refractivity contribution in [2.24, 2.45) is 29.1 Å². The van der Waals surface area contributed by atoms with E-state index in [0.717, 1.165) is 16.7 Å². The average molecular weight is 697 g/mol. The predicted molar refractivity (Wildman–Crippen MR) is 191 cm³/mol. The minimum absolute atomic E-state index is 0.00952. The number of methoxy groups -OCH3 is 1. The number of allylic oxidation sites excluding steroid dienone is 7. The van der Waals surface area contributed by atoms with E-state index in [1.165, 1.54) is 14.0 Å². The van der Waals surface area contributed by atoms with Gasteiger partial charge in [0.2, 0.25) is 0 Å². The van der Waals surface area contributed by atoms with Crippen LogP contribution < -0.4 is 0 Å². The van der Waals surface area contributed by atoms with E-state index < -0.39 is 58.7 Å². The molecule has 0 unspecified atom stereocenters. The Kier molecular flexibility index (Phi) is 12.4. The highest BCUT2D eigenvalue weighted by molar-refractivity contribution is 6.02. The molecule has 0 radical (unpaired) electrons. The van der Waals surface area contributed by atoms with Crippen LogP contribution in [0.15, 0.2) is 46.1 Å². The molecule has 9 heteroatoms. The number of hydrogen-bond donors (Lipinski definition) is 3. The molecule has 4 rings (SSSR count). The first-order chi connectivity index (χ1) is 23.3. The van der Waals surface area contributed by atoms with Gasteiger partial charge >= 0.3 is 5.97 Å². The van der Waals surface area contributed by atoms with E-state index in [9.17, 15) is 34.5 Å². The molecule has 278 valence electrons. The normalized spacial score (nSPS) is 41.5. The second kappa shape index (κ2) is 15.5. The summed E-state index contributed by atoms with van der Waals surface area (Å²) in [5.41, 5.74) is -0.648. The van der Waals surface area contributed by atoms with Crippen LogP contribution in [0.2, 0.25) is 0 Å². The predicted octanol–water partition coefficient (Wildman–Crippen LogP) is 6.09. The second-order valence-electron chi connectivity index (χ2n) is 16.5. The Bertz CT molecular complexity index is 1480. The van der Waals surface area contributed by atoms with E-state index in [0.29, 0.717) is 49.7 Å². The zero-order valence-corrected chi connectivity index (χ0v) is 31.6. The molecule has 0 spiro atoms. The Labute approximate surface area is 298 Å². The largest absolute Gasteiger partial charge is 0.469 e. The molecule has 0 aromatic rings. The van der Waals surface area contributed by atoms with Crippen molar-refractivity contribution in [1.29, 1.82) is 0 Å². The van der Waals surface area contributed by atoms with Crippen molar-refractivity contribution in [3.05, 3.63) is 46.1 Å². The van der Waals surface area contributed by atoms with Crippen LogP contribution in [0.4, 0.5) is 0 Å². The van der Waals surface area contributed by atoms with Crippen molar-refractivity contribution >= 4 is 23.3 Å². The summed E-state index contributed by atoms with van der Waals surface area (Å²) in [7, 11) is 1.26. The Morgan fingerprint density at radius 1 is 0.960 bits per heavy atom. The van der Waals surface area contributed by atoms with E-state index in [1.54, 1.807) is 13.0 Å². The molecule has 1 saturated heterocycles. The van der Waals surface area contributed by atoms with Crippen molar-refractivity contribution < 1.29 is 44.0 Å². The fourth-order valence-corrected chi connectivity index (χ4v) is 8.81. The molecule has 3 N–H and O–H groups in total. The molecule has 9 atom stereocenters. The molecule has 4 aliphatic rings. The van der Waals surface area contributed by atoms with Crippen LogP contribution in [0.25, 0.3) is 0 Å². The van der Waals surface area contributed by atoms with E-state index in [-0.39, 0.29) is 49.0 Å². The molecule has 0 amide bonds. The van der Waals surface area contributed by atoms with Gasteiger partial charge in [0.1, 0.15) is 11.4 Å². The number of aliphatic hydroxyl groups excluding tert-OH is 2. The first-order valence-corrected chi connectivity index (χ1v) is 18.4. The fourth-order valence-electron chi connectivity index (χ4n) is 8.81. The third-order valence-electron chi connectivity index (χ3n) is 12.4. The summed E-state index contributed by atoms with van der Waals surface area (Å²) in [4.78, 5) is 57.1. The Morgan fingerprint density at radius 2 is 1.64 bits per heavy atom. The zero-order valence-electron chi connectivity index (χ0n) is 31.6. The summed E-state index contributed by atoms with van der Waals surface area (Å²) >= 11 is 0. The second-order valence-corrected chi connectivity index (χ2v) is 16.5. The molecule has 2 aliphatic carbocycles. The minimum Gasteiger partial charge on any atom is -0.469 e. The van der Waals surface area contributed by atoms with Gasteiger partial charge < -0.3 is 24.8 Å². The number of rotatable bonds is 2. The summed E-state index contributed by atoms with van der Waals surface area (Å²) in [6, 6.07) is 0. The molecule has 2 aliphatic heterocycles. The van der Waals surface area contributed by atoms with Crippen molar-refractivity contribution in [3.8, 4) is 0 Å². The smallest absolute Gasteiger partial charge is 0.313 e. The lowest BCUT2D eigenvalue weighted by molar-refractivity contribution is -0.188. The first kappa shape index (κ1) is 40.1. The van der Waals surface area contributed by atoms with Crippen LogP contribution in [0.3, 0.4) is 0 Å². The SMILES string of the molecule is COC(=O)[C@]12CC(=O)[C@H](C(C)C)CC(=O)/C(C)=C\CC/C(C)=C\C(=O)[C@H]1CC(C)=C1C[C@H](O)[C@](C)(O)[C@H]3CC[C@@](C)(O3)[C@@H](O)CC/C(C)=C/[C@@H]12. The van der Waals surface area contributed by atoms with E-state index in [2.05, 4.69) is 0 Å². The zero-order chi connectivity index (χ0) is 37.3. The quantitative estimate of drug-likeness (QED) is 0.231. The molecule has 0 aromatic carbocycles. The van der Waals surface area contributed by atoms with Gasteiger partial charge in [-0.15, -0.1) is 0 Å². The first-order valence-electron chi connectivity index (χ1n) is 18.4. The highest BCUT2D eigenvalue weighted by atomic mass is 16.5. The van der Waals surface area contributed by atoms with Gasteiger partial charge in [-0.2, -0.15) is 0 Å². The van der Waals surface area contributed by atoms with Gasteiger partial charge in [0.15, 0.2) is 11.6 Å².